The molecule has 0 saturated heterocycles. The molecule has 0 saturated carbocycles. The van der Waals surface area contributed by atoms with E-state index in [9.17, 15) is 4.39 Å². The predicted octanol–water partition coefficient (Wildman–Crippen LogP) is 4.06. The van der Waals surface area contributed by atoms with Gasteiger partial charge in [-0.2, -0.15) is 0 Å². The first-order chi connectivity index (χ1) is 14.1. The Labute approximate surface area is 169 Å². The van der Waals surface area contributed by atoms with Gasteiger partial charge in [0.25, 0.3) is 0 Å². The molecular weight excluding hydrogens is 363 g/mol. The molecular formula is C24H23FN4. The van der Waals surface area contributed by atoms with Gasteiger partial charge in [-0.1, -0.05) is 54.6 Å². The summed E-state index contributed by atoms with van der Waals surface area (Å²) >= 11 is 0. The van der Waals surface area contributed by atoms with Gasteiger partial charge in [-0.15, -0.1) is 0 Å². The lowest BCUT2D eigenvalue weighted by Crippen LogP contribution is -2.29. The zero-order valence-corrected chi connectivity index (χ0v) is 16.0. The fourth-order valence-corrected chi connectivity index (χ4v) is 3.82. The van der Waals surface area contributed by atoms with Crippen LogP contribution in [0.2, 0.25) is 0 Å². The predicted molar refractivity (Wildman–Crippen MR) is 116 cm³/mol. The normalized spacial score (nSPS) is 14.0. The third-order valence-corrected chi connectivity index (χ3v) is 5.40. The highest BCUT2D eigenvalue weighted by Gasteiger charge is 2.20. The molecule has 4 nitrogen and oxygen atoms in total. The molecule has 0 fully saturated rings. The van der Waals surface area contributed by atoms with Crippen LogP contribution in [-0.4, -0.2) is 18.2 Å². The van der Waals surface area contributed by atoms with Crippen LogP contribution in [0.15, 0.2) is 71.7 Å². The fourth-order valence-electron chi connectivity index (χ4n) is 3.82. The number of hydrogen-bond donors (Lipinski definition) is 3. The van der Waals surface area contributed by atoms with Crippen molar-refractivity contribution in [3.8, 4) is 11.1 Å². The average Bonchev–Trinajstić information content (AvgIpc) is 3.16. The minimum absolute atomic E-state index is 0.198. The maximum Gasteiger partial charge on any atom is 0.132 e. The van der Waals surface area contributed by atoms with Crippen LogP contribution in [0.1, 0.15) is 22.3 Å². The Bertz CT molecular complexity index is 1030. The maximum absolute atomic E-state index is 14.4. The number of benzene rings is 3. The van der Waals surface area contributed by atoms with Crippen molar-refractivity contribution in [2.75, 3.05) is 0 Å². The largest absolute Gasteiger partial charge is 0.383 e. The minimum atomic E-state index is -0.198. The van der Waals surface area contributed by atoms with Crippen molar-refractivity contribution >= 4 is 12.2 Å². The number of aliphatic imine (C=N–C) groups is 1. The lowest BCUT2D eigenvalue weighted by Gasteiger charge is -2.14. The summed E-state index contributed by atoms with van der Waals surface area (Å²) in [5.41, 5.74) is 11.9. The summed E-state index contributed by atoms with van der Waals surface area (Å²) in [6.45, 7) is 0.495. The molecule has 4 rings (SSSR count). The van der Waals surface area contributed by atoms with Gasteiger partial charge >= 0.3 is 0 Å². The summed E-state index contributed by atoms with van der Waals surface area (Å²) < 4.78 is 14.4. The lowest BCUT2D eigenvalue weighted by atomic mass is 10.0. The summed E-state index contributed by atoms with van der Waals surface area (Å²) in [6, 6.07) is 21.6. The molecule has 0 aliphatic heterocycles. The van der Waals surface area contributed by atoms with Gasteiger partial charge in [-0.25, -0.2) is 9.38 Å². The van der Waals surface area contributed by atoms with E-state index in [2.05, 4.69) is 34.6 Å². The summed E-state index contributed by atoms with van der Waals surface area (Å²) in [5, 5.41) is 10.5. The van der Waals surface area contributed by atoms with Crippen LogP contribution in [-0.2, 0) is 19.4 Å². The van der Waals surface area contributed by atoms with E-state index < -0.39 is 0 Å². The Morgan fingerprint density at radius 1 is 1.03 bits per heavy atom. The molecule has 0 aromatic heterocycles. The molecule has 0 radical (unpaired) electrons. The molecule has 29 heavy (non-hydrogen) atoms. The van der Waals surface area contributed by atoms with Gasteiger partial charge in [-0.3, -0.25) is 5.41 Å². The Balaban J connectivity index is 1.47. The lowest BCUT2D eigenvalue weighted by molar-refractivity contribution is 0.516. The van der Waals surface area contributed by atoms with E-state index in [1.54, 1.807) is 6.07 Å². The van der Waals surface area contributed by atoms with Crippen molar-refractivity contribution in [2.24, 2.45) is 10.7 Å². The molecule has 0 spiro atoms. The van der Waals surface area contributed by atoms with E-state index in [4.69, 9.17) is 11.1 Å². The molecule has 3 aromatic carbocycles. The number of rotatable bonds is 6. The first kappa shape index (κ1) is 19.0. The number of hydrogen-bond acceptors (Lipinski definition) is 2. The number of nitrogens with two attached hydrogens (primary N) is 1. The van der Waals surface area contributed by atoms with Gasteiger partial charge < -0.3 is 11.1 Å². The smallest absolute Gasteiger partial charge is 0.132 e. The first-order valence-electron chi connectivity index (χ1n) is 9.65. The zero-order valence-electron chi connectivity index (χ0n) is 16.0. The minimum Gasteiger partial charge on any atom is -0.383 e. The molecule has 1 aliphatic carbocycles. The van der Waals surface area contributed by atoms with Crippen LogP contribution in [0.3, 0.4) is 0 Å². The van der Waals surface area contributed by atoms with Crippen molar-refractivity contribution in [3.63, 3.8) is 0 Å². The van der Waals surface area contributed by atoms with E-state index in [0.717, 1.165) is 35.9 Å². The van der Waals surface area contributed by atoms with E-state index >= 15 is 0 Å². The summed E-state index contributed by atoms with van der Waals surface area (Å²) in [4.78, 5) is 3.78. The van der Waals surface area contributed by atoms with Crippen molar-refractivity contribution in [3.05, 3.63) is 94.8 Å². The van der Waals surface area contributed by atoms with Gasteiger partial charge in [0, 0.05) is 23.7 Å². The van der Waals surface area contributed by atoms with E-state index in [0.29, 0.717) is 24.0 Å². The fraction of sp³-hybridized carbons (Fsp3) is 0.167. The van der Waals surface area contributed by atoms with E-state index in [1.807, 2.05) is 30.3 Å². The monoisotopic (exact) mass is 386 g/mol. The molecule has 1 aliphatic rings. The molecule has 146 valence electrons. The van der Waals surface area contributed by atoms with Gasteiger partial charge in [0.1, 0.15) is 18.0 Å². The van der Waals surface area contributed by atoms with Gasteiger partial charge in [0.15, 0.2) is 0 Å². The molecule has 0 atom stereocenters. The van der Waals surface area contributed by atoms with Crippen LogP contribution in [0.5, 0.6) is 0 Å². The Morgan fingerprint density at radius 3 is 2.34 bits per heavy atom. The van der Waals surface area contributed by atoms with E-state index in [1.165, 1.54) is 17.2 Å². The second-order valence-electron chi connectivity index (χ2n) is 7.28. The van der Waals surface area contributed by atoms with Gasteiger partial charge in [0.05, 0.1) is 0 Å². The standard InChI is InChI=1S/C24H23FN4/c25-23-10-9-20(16-5-7-17(8-6-16)24(27)29-15-26)11-21(23)14-28-22-12-18-3-1-2-4-19(18)13-22/h1-11,15,22,28H,12-14H2,(H3,26,27,29). The van der Waals surface area contributed by atoms with Gasteiger partial charge in [-0.05, 0) is 47.2 Å². The van der Waals surface area contributed by atoms with Crippen LogP contribution in [0.25, 0.3) is 11.1 Å². The van der Waals surface area contributed by atoms with Crippen LogP contribution in [0.4, 0.5) is 4.39 Å². The van der Waals surface area contributed by atoms with Crippen molar-refractivity contribution in [1.29, 1.82) is 5.41 Å². The van der Waals surface area contributed by atoms with Crippen LogP contribution in [0, 0.1) is 11.2 Å². The summed E-state index contributed by atoms with van der Waals surface area (Å²) in [5.74, 6) is 0.101. The van der Waals surface area contributed by atoms with Crippen molar-refractivity contribution in [1.82, 2.24) is 5.32 Å². The summed E-state index contributed by atoms with van der Waals surface area (Å²) in [6.07, 6.45) is 2.89. The van der Waals surface area contributed by atoms with Crippen molar-refractivity contribution in [2.45, 2.75) is 25.4 Å². The van der Waals surface area contributed by atoms with Gasteiger partial charge in [0.2, 0.25) is 0 Å². The quantitative estimate of drug-likeness (QED) is 0.441. The highest BCUT2D eigenvalue weighted by atomic mass is 19.1. The van der Waals surface area contributed by atoms with Crippen molar-refractivity contribution < 1.29 is 4.39 Å². The molecule has 0 unspecified atom stereocenters. The molecule has 4 N–H and O–H groups in total. The third kappa shape index (κ3) is 4.25. The third-order valence-electron chi connectivity index (χ3n) is 5.40. The number of nitrogens with zero attached hydrogens (tertiary/aromatic N) is 1. The highest BCUT2D eigenvalue weighted by Crippen LogP contribution is 2.25. The first-order valence-corrected chi connectivity index (χ1v) is 9.65. The molecule has 0 bridgehead atoms. The number of amidine groups is 1. The maximum atomic E-state index is 14.4. The number of nitrogens with one attached hydrogen (secondary N) is 2. The Kier molecular flexibility index (Phi) is 5.49. The highest BCUT2D eigenvalue weighted by molar-refractivity contribution is 6.01. The molecule has 5 heteroatoms. The molecule has 3 aromatic rings. The second kappa shape index (κ2) is 8.37. The topological polar surface area (TPSA) is 74.3 Å². The van der Waals surface area contributed by atoms with Crippen LogP contribution >= 0.6 is 0 Å². The Hall–Kier alpha value is -3.31. The SMILES string of the molecule is N=CN=C(N)c1ccc(-c2ccc(F)c(CNC3Cc4ccccc4C3)c2)cc1. The average molecular weight is 386 g/mol. The summed E-state index contributed by atoms with van der Waals surface area (Å²) in [7, 11) is 0. The number of fused-ring (bicyclic) bond motifs is 1. The molecule has 0 heterocycles. The second-order valence-corrected chi connectivity index (χ2v) is 7.28. The zero-order chi connectivity index (χ0) is 20.2. The van der Waals surface area contributed by atoms with E-state index in [-0.39, 0.29) is 5.82 Å². The molecule has 0 amide bonds. The number of halogens is 1. The van der Waals surface area contributed by atoms with Crippen LogP contribution < -0.4 is 11.1 Å². The Morgan fingerprint density at radius 2 is 1.69 bits per heavy atom.